The van der Waals surface area contributed by atoms with Crippen LogP contribution in [0.25, 0.3) is 17.2 Å². The summed E-state index contributed by atoms with van der Waals surface area (Å²) in [6, 6.07) is 11.2. The molecule has 1 aliphatic rings. The molecule has 0 heterocycles. The molecule has 2 aromatic rings. The first-order chi connectivity index (χ1) is 16.5. The van der Waals surface area contributed by atoms with Gasteiger partial charge in [0.2, 0.25) is 0 Å². The van der Waals surface area contributed by atoms with Crippen molar-refractivity contribution in [2.24, 2.45) is 11.8 Å². The number of hydrogen-bond donors (Lipinski definition) is 0. The highest BCUT2D eigenvalue weighted by atomic mass is 35.5. The first-order valence-corrected chi connectivity index (χ1v) is 12.2. The summed E-state index contributed by atoms with van der Waals surface area (Å²) < 4.78 is 81.1. The quantitative estimate of drug-likeness (QED) is 0.300. The van der Waals surface area contributed by atoms with Crippen LogP contribution in [-0.4, -0.2) is 18.5 Å². The lowest BCUT2D eigenvalue weighted by Crippen LogP contribution is -2.45. The van der Waals surface area contributed by atoms with Crippen LogP contribution in [0.2, 0.25) is 5.02 Å². The molecule has 1 fully saturated rings. The number of benzene rings is 2. The minimum atomic E-state index is -5.76. The summed E-state index contributed by atoms with van der Waals surface area (Å²) in [4.78, 5) is 0. The molecular weight excluding hydrogens is 490 g/mol. The number of ether oxygens (including phenoxy) is 1. The highest BCUT2D eigenvalue weighted by Gasteiger charge is 2.59. The molecule has 0 bridgehead atoms. The molecule has 1 nitrogen and oxygen atoms in total. The molecule has 35 heavy (non-hydrogen) atoms. The van der Waals surface area contributed by atoms with E-state index >= 15 is 0 Å². The molecule has 0 spiro atoms. The third kappa shape index (κ3) is 7.66. The molecule has 1 aliphatic carbocycles. The highest BCUT2D eigenvalue weighted by Crippen LogP contribution is 2.39. The normalized spacial score (nSPS) is 20.2. The predicted molar refractivity (Wildman–Crippen MR) is 127 cm³/mol. The molecule has 1 atom stereocenters. The van der Waals surface area contributed by atoms with Crippen LogP contribution >= 0.6 is 11.6 Å². The van der Waals surface area contributed by atoms with Gasteiger partial charge in [0.15, 0.2) is 0 Å². The van der Waals surface area contributed by atoms with Gasteiger partial charge in [-0.25, -0.2) is 4.39 Å². The van der Waals surface area contributed by atoms with Gasteiger partial charge in [0, 0.05) is 0 Å². The van der Waals surface area contributed by atoms with E-state index in [1.807, 2.05) is 24.3 Å². The first-order valence-electron chi connectivity index (χ1n) is 11.9. The molecule has 8 heteroatoms. The number of rotatable bonds is 9. The van der Waals surface area contributed by atoms with E-state index in [4.69, 9.17) is 11.6 Å². The lowest BCUT2D eigenvalue weighted by molar-refractivity contribution is -0.304. The van der Waals surface area contributed by atoms with E-state index in [9.17, 15) is 26.3 Å². The summed E-state index contributed by atoms with van der Waals surface area (Å²) in [6.07, 6.45) is -2.12. The minimum absolute atomic E-state index is 0.352. The van der Waals surface area contributed by atoms with Gasteiger partial charge in [-0.15, -0.1) is 0 Å². The largest absolute Gasteiger partial charge is 0.439 e. The van der Waals surface area contributed by atoms with Crippen LogP contribution in [0.15, 0.2) is 48.5 Å². The Kier molecular flexibility index (Phi) is 9.19. The smallest absolute Gasteiger partial charge is 0.429 e. The van der Waals surface area contributed by atoms with E-state index in [2.05, 4.69) is 23.8 Å². The molecule has 0 amide bonds. The van der Waals surface area contributed by atoms with Crippen molar-refractivity contribution < 1.29 is 31.1 Å². The summed E-state index contributed by atoms with van der Waals surface area (Å²) in [5, 5.41) is -0.352. The summed E-state index contributed by atoms with van der Waals surface area (Å²) in [5.74, 6) is 0.700. The second kappa shape index (κ2) is 11.7. The zero-order valence-corrected chi connectivity index (χ0v) is 20.2. The Morgan fingerprint density at radius 1 is 0.971 bits per heavy atom. The van der Waals surface area contributed by atoms with Gasteiger partial charge in [-0.3, -0.25) is 0 Å². The van der Waals surface area contributed by atoms with Crippen molar-refractivity contribution in [2.75, 3.05) is 0 Å². The number of halogens is 7. The predicted octanol–water partition coefficient (Wildman–Crippen LogP) is 9.89. The van der Waals surface area contributed by atoms with Crippen molar-refractivity contribution in [3.63, 3.8) is 0 Å². The maximum atomic E-state index is 13.5. The molecule has 3 rings (SSSR count). The molecule has 2 aromatic carbocycles. The monoisotopic (exact) mass is 518 g/mol. The Morgan fingerprint density at radius 3 is 2.17 bits per heavy atom. The summed E-state index contributed by atoms with van der Waals surface area (Å²) in [6.45, 7) is 2.23. The van der Waals surface area contributed by atoms with Gasteiger partial charge in [-0.05, 0) is 66.3 Å². The van der Waals surface area contributed by atoms with Gasteiger partial charge in [-0.2, -0.15) is 22.0 Å². The van der Waals surface area contributed by atoms with Gasteiger partial charge >= 0.3 is 12.3 Å². The summed E-state index contributed by atoms with van der Waals surface area (Å²) in [5.41, 5.74) is 2.31. The number of alkyl halides is 6. The van der Waals surface area contributed by atoms with Crippen LogP contribution in [0, 0.1) is 11.8 Å². The maximum absolute atomic E-state index is 13.5. The van der Waals surface area contributed by atoms with Crippen molar-refractivity contribution in [3.8, 4) is 16.9 Å². The fraction of sp³-hybridized carbons (Fsp3) is 0.481. The van der Waals surface area contributed by atoms with Crippen molar-refractivity contribution in [3.05, 3.63) is 59.1 Å². The average molecular weight is 519 g/mol. The Hall–Kier alpha value is -2.15. The molecular formula is C27H29ClF6O. The van der Waals surface area contributed by atoms with E-state index in [1.165, 1.54) is 57.1 Å². The molecule has 0 saturated heterocycles. The van der Waals surface area contributed by atoms with Crippen LogP contribution in [-0.2, 0) is 0 Å². The molecule has 0 radical (unpaired) electrons. The fourth-order valence-electron chi connectivity index (χ4n) is 4.35. The van der Waals surface area contributed by atoms with E-state index in [1.54, 1.807) is 0 Å². The van der Waals surface area contributed by atoms with Crippen molar-refractivity contribution in [1.82, 2.24) is 0 Å². The minimum Gasteiger partial charge on any atom is -0.429 e. The van der Waals surface area contributed by atoms with Crippen LogP contribution < -0.4 is 4.74 Å². The Labute approximate surface area is 207 Å². The highest BCUT2D eigenvalue weighted by molar-refractivity contribution is 6.32. The SMILES string of the molecule is CCCCC1CCC(C=Cc2ccc(-c3ccc(OC(F)(F)C(F)C(F)(F)F)c(Cl)c3)cc2)CC1. The Bertz CT molecular complexity index is 978. The van der Waals surface area contributed by atoms with Crippen molar-refractivity contribution in [2.45, 2.75) is 70.3 Å². The maximum Gasteiger partial charge on any atom is 0.439 e. The molecule has 1 unspecified atom stereocenters. The zero-order valence-electron chi connectivity index (χ0n) is 19.4. The van der Waals surface area contributed by atoms with Crippen LogP contribution in [0.4, 0.5) is 26.3 Å². The standard InChI is InChI=1S/C27H29ClF6O/c1-2-3-4-18-5-7-19(8-6-18)9-10-20-11-13-21(14-12-20)22-15-16-24(23(28)17-22)35-27(33,34)25(29)26(30,31)32/h9-19,25H,2-8H2,1H3. The molecule has 0 aromatic heterocycles. The van der Waals surface area contributed by atoms with Crippen molar-refractivity contribution >= 4 is 17.7 Å². The van der Waals surface area contributed by atoms with Crippen LogP contribution in [0.3, 0.4) is 0 Å². The Morgan fingerprint density at radius 2 is 1.60 bits per heavy atom. The van der Waals surface area contributed by atoms with E-state index < -0.39 is 24.2 Å². The van der Waals surface area contributed by atoms with Gasteiger partial charge < -0.3 is 4.74 Å². The topological polar surface area (TPSA) is 9.23 Å². The van der Waals surface area contributed by atoms with E-state index in [0.29, 0.717) is 11.5 Å². The van der Waals surface area contributed by atoms with Crippen LogP contribution in [0.5, 0.6) is 5.75 Å². The fourth-order valence-corrected chi connectivity index (χ4v) is 4.57. The second-order valence-electron chi connectivity index (χ2n) is 9.12. The van der Waals surface area contributed by atoms with E-state index in [0.717, 1.165) is 23.1 Å². The van der Waals surface area contributed by atoms with Gasteiger partial charge in [0.1, 0.15) is 5.75 Å². The lowest BCUT2D eigenvalue weighted by Gasteiger charge is -2.26. The third-order valence-electron chi connectivity index (χ3n) is 6.42. The lowest BCUT2D eigenvalue weighted by atomic mass is 9.79. The second-order valence-corrected chi connectivity index (χ2v) is 9.52. The van der Waals surface area contributed by atoms with E-state index in [-0.39, 0.29) is 5.02 Å². The number of hydrogen-bond acceptors (Lipinski definition) is 1. The number of unbranched alkanes of at least 4 members (excludes halogenated alkanes) is 1. The molecule has 0 aliphatic heterocycles. The van der Waals surface area contributed by atoms with Crippen LogP contribution in [0.1, 0.15) is 57.4 Å². The van der Waals surface area contributed by atoms with Gasteiger partial charge in [0.05, 0.1) is 5.02 Å². The average Bonchev–Trinajstić information content (AvgIpc) is 2.82. The molecule has 0 N–H and O–H groups in total. The third-order valence-corrected chi connectivity index (χ3v) is 6.72. The van der Waals surface area contributed by atoms with Crippen molar-refractivity contribution in [1.29, 1.82) is 0 Å². The molecule has 1 saturated carbocycles. The summed E-state index contributed by atoms with van der Waals surface area (Å²) in [7, 11) is 0. The Balaban J connectivity index is 1.60. The molecule has 192 valence electrons. The summed E-state index contributed by atoms with van der Waals surface area (Å²) >= 11 is 5.94. The number of allylic oxidation sites excluding steroid dienone is 1. The zero-order chi connectivity index (χ0) is 25.6. The first kappa shape index (κ1) is 27.4. The van der Waals surface area contributed by atoms with Gasteiger partial charge in [-0.1, -0.05) is 80.3 Å². The van der Waals surface area contributed by atoms with Gasteiger partial charge in [0.25, 0.3) is 6.17 Å².